The number of esters is 2. The third-order valence-corrected chi connectivity index (χ3v) is 6.05. The molecule has 1 N–H and O–H groups in total. The zero-order valence-electron chi connectivity index (χ0n) is 22.5. The average Bonchev–Trinajstić information content (AvgIpc) is 2.93. The van der Waals surface area contributed by atoms with Crippen LogP contribution in [0.5, 0.6) is 11.5 Å². The van der Waals surface area contributed by atoms with Crippen molar-refractivity contribution in [3.05, 3.63) is 53.9 Å². The van der Waals surface area contributed by atoms with Crippen LogP contribution in [0.25, 0.3) is 0 Å². The summed E-state index contributed by atoms with van der Waals surface area (Å²) in [4.78, 5) is 41.9. The predicted octanol–water partition coefficient (Wildman–Crippen LogP) is 2.98. The lowest BCUT2D eigenvalue weighted by molar-refractivity contribution is -0.155. The lowest BCUT2D eigenvalue weighted by atomic mass is 9.89. The molecule has 0 aliphatic carbocycles. The number of hydrogen-bond acceptors (Lipinski definition) is 9. The molecule has 3 rings (SSSR count). The van der Waals surface area contributed by atoms with Crippen LogP contribution in [0.3, 0.4) is 0 Å². The summed E-state index contributed by atoms with van der Waals surface area (Å²) in [5.74, 6) is -1.90. The maximum absolute atomic E-state index is 13.2. The van der Waals surface area contributed by atoms with Crippen molar-refractivity contribution in [3.8, 4) is 11.5 Å². The highest BCUT2D eigenvalue weighted by atomic mass is 16.6. The minimum atomic E-state index is -1.12. The van der Waals surface area contributed by atoms with Gasteiger partial charge in [-0.05, 0) is 24.8 Å². The van der Waals surface area contributed by atoms with Crippen LogP contribution in [0, 0.1) is 11.8 Å². The largest absolute Gasteiger partial charge is 0.493 e. The van der Waals surface area contributed by atoms with Gasteiger partial charge in [-0.15, -0.1) is 0 Å². The molecule has 4 atom stereocenters. The van der Waals surface area contributed by atoms with Crippen LogP contribution < -0.4 is 14.8 Å². The predicted molar refractivity (Wildman–Crippen MR) is 138 cm³/mol. The van der Waals surface area contributed by atoms with E-state index >= 15 is 0 Å². The minimum Gasteiger partial charge on any atom is -0.493 e. The lowest BCUT2D eigenvalue weighted by Crippen LogP contribution is -2.46. The van der Waals surface area contributed by atoms with Gasteiger partial charge in [0, 0.05) is 31.7 Å². The first-order valence-corrected chi connectivity index (χ1v) is 12.7. The van der Waals surface area contributed by atoms with Crippen LogP contribution in [0.15, 0.2) is 42.6 Å². The van der Waals surface area contributed by atoms with Crippen molar-refractivity contribution in [2.75, 3.05) is 26.9 Å². The third-order valence-electron chi connectivity index (χ3n) is 6.05. The number of carbonyl (C=O) groups excluding carboxylic acids is 3. The Labute approximate surface area is 223 Å². The summed E-state index contributed by atoms with van der Waals surface area (Å²) >= 11 is 0. The molecule has 0 radical (unpaired) electrons. The number of benzene rings is 1. The summed E-state index contributed by atoms with van der Waals surface area (Å²) in [6.07, 6.45) is 1.11. The van der Waals surface area contributed by atoms with Gasteiger partial charge in [-0.1, -0.05) is 44.2 Å². The van der Waals surface area contributed by atoms with E-state index in [4.69, 9.17) is 23.7 Å². The molecular weight excluding hydrogens is 492 g/mol. The molecule has 38 heavy (non-hydrogen) atoms. The van der Waals surface area contributed by atoms with E-state index in [0.717, 1.165) is 5.56 Å². The number of methoxy groups -OCH3 is 1. The molecule has 10 heteroatoms. The molecule has 0 spiro atoms. The van der Waals surface area contributed by atoms with E-state index in [1.54, 1.807) is 0 Å². The second kappa shape index (κ2) is 13.9. The summed E-state index contributed by atoms with van der Waals surface area (Å²) in [5, 5.41) is 2.61. The smallest absolute Gasteiger partial charge is 0.331 e. The van der Waals surface area contributed by atoms with Gasteiger partial charge in [-0.25, -0.2) is 9.78 Å². The van der Waals surface area contributed by atoms with E-state index in [-0.39, 0.29) is 42.4 Å². The second-order valence-corrected chi connectivity index (χ2v) is 9.61. The van der Waals surface area contributed by atoms with Gasteiger partial charge in [0.05, 0.1) is 26.4 Å². The zero-order chi connectivity index (χ0) is 27.7. The number of rotatable bonds is 9. The van der Waals surface area contributed by atoms with Gasteiger partial charge in [0.25, 0.3) is 5.91 Å². The van der Waals surface area contributed by atoms with Gasteiger partial charge in [-0.2, -0.15) is 0 Å². The van der Waals surface area contributed by atoms with Crippen LogP contribution in [0.1, 0.15) is 43.7 Å². The molecule has 10 nitrogen and oxygen atoms in total. The molecule has 1 aliphatic heterocycles. The first-order valence-electron chi connectivity index (χ1n) is 12.7. The van der Waals surface area contributed by atoms with Gasteiger partial charge in [0.2, 0.25) is 5.75 Å². The molecule has 0 saturated carbocycles. The van der Waals surface area contributed by atoms with Gasteiger partial charge >= 0.3 is 11.9 Å². The van der Waals surface area contributed by atoms with Crippen molar-refractivity contribution < 1.29 is 38.1 Å². The van der Waals surface area contributed by atoms with Crippen molar-refractivity contribution in [2.24, 2.45) is 11.8 Å². The molecule has 1 amide bonds. The monoisotopic (exact) mass is 528 g/mol. The Kier molecular flexibility index (Phi) is 10.6. The standard InChI is InChI=1S/C28H36N2O8/c1-17(2)14-36-24-16-35-15-22(28(33)37-18(3)21(24)13-20-9-7-6-8-10-20)30-27(32)25-26(38-19(4)31)23(34-5)11-12-29-25/h6-12,17-18,21-22,24H,13-16H2,1-5H3,(H,30,32)/t18-,21-,22-,24-/m0/s1. The maximum atomic E-state index is 13.2. The summed E-state index contributed by atoms with van der Waals surface area (Å²) < 4.78 is 28.3. The number of nitrogens with one attached hydrogen (secondary N) is 1. The Morgan fingerprint density at radius 1 is 1.16 bits per heavy atom. The van der Waals surface area contributed by atoms with Gasteiger partial charge < -0.3 is 29.0 Å². The number of pyridine rings is 1. The van der Waals surface area contributed by atoms with Crippen LogP contribution in [-0.4, -0.2) is 68.0 Å². The molecule has 2 heterocycles. The van der Waals surface area contributed by atoms with Crippen molar-refractivity contribution >= 4 is 17.8 Å². The Bertz CT molecular complexity index is 1090. The summed E-state index contributed by atoms with van der Waals surface area (Å²) in [6.45, 7) is 7.76. The maximum Gasteiger partial charge on any atom is 0.331 e. The molecule has 0 bridgehead atoms. The third kappa shape index (κ3) is 8.00. The molecule has 1 aromatic heterocycles. The number of amides is 1. The van der Waals surface area contributed by atoms with Gasteiger partial charge in [0.1, 0.15) is 6.10 Å². The van der Waals surface area contributed by atoms with E-state index in [1.807, 2.05) is 37.3 Å². The van der Waals surface area contributed by atoms with Crippen LogP contribution in [-0.2, 0) is 30.2 Å². The number of ether oxygens (including phenoxy) is 5. The highest BCUT2D eigenvalue weighted by molar-refractivity contribution is 5.98. The zero-order valence-corrected chi connectivity index (χ0v) is 22.5. The topological polar surface area (TPSA) is 122 Å². The highest BCUT2D eigenvalue weighted by Crippen LogP contribution is 2.30. The van der Waals surface area contributed by atoms with Gasteiger partial charge in [0.15, 0.2) is 17.5 Å². The fourth-order valence-electron chi connectivity index (χ4n) is 4.14. The Hall–Kier alpha value is -3.50. The van der Waals surface area contributed by atoms with Crippen LogP contribution in [0.4, 0.5) is 0 Å². The van der Waals surface area contributed by atoms with E-state index in [9.17, 15) is 14.4 Å². The summed E-state index contributed by atoms with van der Waals surface area (Å²) in [7, 11) is 1.37. The van der Waals surface area contributed by atoms with Crippen molar-refractivity contribution in [1.82, 2.24) is 10.3 Å². The van der Waals surface area contributed by atoms with E-state index < -0.39 is 30.0 Å². The number of nitrogens with zero attached hydrogens (tertiary/aromatic N) is 1. The van der Waals surface area contributed by atoms with E-state index in [1.165, 1.54) is 26.3 Å². The van der Waals surface area contributed by atoms with E-state index in [0.29, 0.717) is 18.9 Å². The first kappa shape index (κ1) is 29.1. The minimum absolute atomic E-state index is 0.135. The van der Waals surface area contributed by atoms with Crippen molar-refractivity contribution in [3.63, 3.8) is 0 Å². The number of hydrogen-bond donors (Lipinski definition) is 1. The lowest BCUT2D eigenvalue weighted by Gasteiger charge is -2.31. The van der Waals surface area contributed by atoms with Crippen LogP contribution in [0.2, 0.25) is 0 Å². The quantitative estimate of drug-likeness (QED) is 0.490. The Morgan fingerprint density at radius 2 is 1.89 bits per heavy atom. The highest BCUT2D eigenvalue weighted by Gasteiger charge is 2.36. The Morgan fingerprint density at radius 3 is 2.55 bits per heavy atom. The summed E-state index contributed by atoms with van der Waals surface area (Å²) in [5.41, 5.74) is 0.880. The molecule has 1 aromatic carbocycles. The fourth-order valence-corrected chi connectivity index (χ4v) is 4.14. The molecule has 1 saturated heterocycles. The SMILES string of the molecule is COc1ccnc(C(=O)N[C@H]2COC[C@H](OCC(C)C)[C@@H](Cc3ccccc3)[C@H](C)OC2=O)c1OC(C)=O. The molecule has 206 valence electrons. The molecule has 1 fully saturated rings. The fraction of sp³-hybridized carbons (Fsp3) is 0.500. The second-order valence-electron chi connectivity index (χ2n) is 9.61. The Balaban J connectivity index is 1.81. The number of aromatic nitrogens is 1. The number of carbonyl (C=O) groups is 3. The molecular formula is C28H36N2O8. The molecule has 0 unspecified atom stereocenters. The van der Waals surface area contributed by atoms with Gasteiger partial charge in [-0.3, -0.25) is 9.59 Å². The number of cyclic esters (lactones) is 1. The van der Waals surface area contributed by atoms with E-state index in [2.05, 4.69) is 24.1 Å². The van der Waals surface area contributed by atoms with Crippen LogP contribution >= 0.6 is 0 Å². The molecule has 2 aromatic rings. The normalized spacial score (nSPS) is 22.0. The first-order chi connectivity index (χ1) is 18.2. The van der Waals surface area contributed by atoms with Crippen molar-refractivity contribution in [2.45, 2.75) is 52.4 Å². The summed E-state index contributed by atoms with van der Waals surface area (Å²) in [6, 6.07) is 10.2. The average molecular weight is 529 g/mol. The molecule has 1 aliphatic rings. The van der Waals surface area contributed by atoms with Crippen molar-refractivity contribution in [1.29, 1.82) is 0 Å².